The molecule has 2 aromatic rings. The highest BCUT2D eigenvalue weighted by molar-refractivity contribution is 5.80. The van der Waals surface area contributed by atoms with Crippen LogP contribution in [0.2, 0.25) is 0 Å². The van der Waals surface area contributed by atoms with Crippen LogP contribution < -0.4 is 15.5 Å². The molecule has 148 valence electrons. The van der Waals surface area contributed by atoms with Crippen LogP contribution in [0.5, 0.6) is 0 Å². The Morgan fingerprint density at radius 1 is 1.33 bits per heavy atom. The van der Waals surface area contributed by atoms with E-state index in [9.17, 15) is 0 Å². The number of rotatable bonds is 7. The summed E-state index contributed by atoms with van der Waals surface area (Å²) >= 11 is 0. The van der Waals surface area contributed by atoms with Crippen LogP contribution in [0.1, 0.15) is 36.4 Å². The Hall–Kier alpha value is -2.57. The summed E-state index contributed by atoms with van der Waals surface area (Å²) in [6, 6.07) is 4.27. The summed E-state index contributed by atoms with van der Waals surface area (Å²) in [5, 5.41) is 11.4. The van der Waals surface area contributed by atoms with E-state index in [0.717, 1.165) is 36.0 Å². The Balaban J connectivity index is 2.09. The maximum Gasteiger partial charge on any atom is 0.191 e. The summed E-state index contributed by atoms with van der Waals surface area (Å²) < 4.78 is 1.95. The largest absolute Gasteiger partial charge is 0.362 e. The van der Waals surface area contributed by atoms with Gasteiger partial charge in [0.25, 0.3) is 0 Å². The van der Waals surface area contributed by atoms with Crippen molar-refractivity contribution < 1.29 is 0 Å². The van der Waals surface area contributed by atoms with E-state index in [2.05, 4.69) is 54.5 Å². The molecular formula is C20H33N7. The third-order valence-corrected chi connectivity index (χ3v) is 4.60. The monoisotopic (exact) mass is 371 g/mol. The highest BCUT2D eigenvalue weighted by Gasteiger charge is 2.14. The van der Waals surface area contributed by atoms with E-state index in [4.69, 9.17) is 4.99 Å². The first kappa shape index (κ1) is 20.7. The van der Waals surface area contributed by atoms with Crippen LogP contribution in [0.15, 0.2) is 23.3 Å². The maximum atomic E-state index is 4.77. The van der Waals surface area contributed by atoms with Gasteiger partial charge in [0.15, 0.2) is 5.96 Å². The quantitative estimate of drug-likeness (QED) is 0.577. The van der Waals surface area contributed by atoms with Crippen LogP contribution >= 0.6 is 0 Å². The maximum absolute atomic E-state index is 4.77. The molecule has 1 atom stereocenters. The zero-order chi connectivity index (χ0) is 20.0. The van der Waals surface area contributed by atoms with Crippen molar-refractivity contribution in [2.45, 2.75) is 46.7 Å². The van der Waals surface area contributed by atoms with Crippen molar-refractivity contribution >= 4 is 11.8 Å². The topological polar surface area (TPSA) is 70.4 Å². The van der Waals surface area contributed by atoms with Gasteiger partial charge in [-0.3, -0.25) is 4.68 Å². The number of hydrogen-bond donors (Lipinski definition) is 2. The smallest absolute Gasteiger partial charge is 0.191 e. The Morgan fingerprint density at radius 3 is 2.67 bits per heavy atom. The number of nitrogens with zero attached hydrogens (tertiary/aromatic N) is 5. The van der Waals surface area contributed by atoms with Gasteiger partial charge in [0.2, 0.25) is 0 Å². The van der Waals surface area contributed by atoms with Crippen molar-refractivity contribution in [1.82, 2.24) is 25.4 Å². The zero-order valence-electron chi connectivity index (χ0n) is 17.7. The van der Waals surface area contributed by atoms with Gasteiger partial charge in [0.1, 0.15) is 5.82 Å². The fraction of sp³-hybridized carbons (Fsp3) is 0.550. The van der Waals surface area contributed by atoms with E-state index >= 15 is 0 Å². The van der Waals surface area contributed by atoms with Crippen molar-refractivity contribution in [3.05, 3.63) is 40.8 Å². The molecule has 0 aliphatic rings. The Labute approximate surface area is 162 Å². The van der Waals surface area contributed by atoms with Crippen molar-refractivity contribution in [2.24, 2.45) is 12.0 Å². The lowest BCUT2D eigenvalue weighted by atomic mass is 10.1. The second-order valence-electron chi connectivity index (χ2n) is 7.10. The number of guanidine groups is 1. The minimum absolute atomic E-state index is 0.242. The molecule has 0 fully saturated rings. The predicted octanol–water partition coefficient (Wildman–Crippen LogP) is 2.18. The molecule has 1 unspecified atom stereocenters. The van der Waals surface area contributed by atoms with E-state index in [0.29, 0.717) is 6.54 Å². The van der Waals surface area contributed by atoms with Gasteiger partial charge < -0.3 is 15.5 Å². The lowest BCUT2D eigenvalue weighted by Gasteiger charge is -2.19. The first-order chi connectivity index (χ1) is 12.8. The third kappa shape index (κ3) is 5.45. The molecular weight excluding hydrogens is 338 g/mol. The molecule has 7 heteroatoms. The molecule has 0 spiro atoms. The first-order valence-electron chi connectivity index (χ1n) is 9.48. The second-order valence-corrected chi connectivity index (χ2v) is 7.10. The predicted molar refractivity (Wildman–Crippen MR) is 112 cm³/mol. The van der Waals surface area contributed by atoms with E-state index < -0.39 is 0 Å². The normalized spacial score (nSPS) is 12.8. The van der Waals surface area contributed by atoms with Crippen LogP contribution in [-0.2, 0) is 20.0 Å². The summed E-state index contributed by atoms with van der Waals surface area (Å²) in [7, 11) is 5.99. The average molecular weight is 372 g/mol. The summed E-state index contributed by atoms with van der Waals surface area (Å²) in [5.74, 6) is 1.77. The number of hydrogen-bond acceptors (Lipinski definition) is 4. The Kier molecular flexibility index (Phi) is 7.21. The number of nitrogens with one attached hydrogen (secondary N) is 2. The SMILES string of the molecule is CCNC(=NCc1cccnc1N(C)C)NC(C)Cc1c(C)nn(C)c1C. The molecule has 27 heavy (non-hydrogen) atoms. The van der Waals surface area contributed by atoms with Crippen molar-refractivity contribution in [3.8, 4) is 0 Å². The van der Waals surface area contributed by atoms with Crippen LogP contribution in [-0.4, -0.2) is 47.4 Å². The van der Waals surface area contributed by atoms with Crippen molar-refractivity contribution in [3.63, 3.8) is 0 Å². The minimum atomic E-state index is 0.242. The highest BCUT2D eigenvalue weighted by Crippen LogP contribution is 2.16. The summed E-state index contributed by atoms with van der Waals surface area (Å²) in [4.78, 5) is 11.2. The van der Waals surface area contributed by atoms with Gasteiger partial charge in [-0.2, -0.15) is 5.10 Å². The van der Waals surface area contributed by atoms with Crippen LogP contribution in [0, 0.1) is 13.8 Å². The Bertz CT molecular complexity index is 777. The highest BCUT2D eigenvalue weighted by atomic mass is 15.3. The second kappa shape index (κ2) is 9.39. The molecule has 2 heterocycles. The molecule has 0 amide bonds. The van der Waals surface area contributed by atoms with E-state index in [1.807, 2.05) is 43.0 Å². The van der Waals surface area contributed by atoms with Gasteiger partial charge in [0, 0.05) is 51.2 Å². The number of aromatic nitrogens is 3. The van der Waals surface area contributed by atoms with Crippen molar-refractivity contribution in [1.29, 1.82) is 0 Å². The van der Waals surface area contributed by atoms with Gasteiger partial charge >= 0.3 is 0 Å². The summed E-state index contributed by atoms with van der Waals surface area (Å²) in [6.45, 7) is 9.83. The number of pyridine rings is 1. The molecule has 7 nitrogen and oxygen atoms in total. The average Bonchev–Trinajstić information content (AvgIpc) is 2.86. The van der Waals surface area contributed by atoms with Gasteiger partial charge in [-0.15, -0.1) is 0 Å². The molecule has 0 radical (unpaired) electrons. The number of aryl methyl sites for hydroxylation is 2. The molecule has 2 rings (SSSR count). The minimum Gasteiger partial charge on any atom is -0.362 e. The van der Waals surface area contributed by atoms with E-state index in [1.165, 1.54) is 11.3 Å². The van der Waals surface area contributed by atoms with Crippen LogP contribution in [0.4, 0.5) is 5.82 Å². The molecule has 0 saturated heterocycles. The molecule has 2 aromatic heterocycles. The molecule has 0 saturated carbocycles. The number of aliphatic imine (C=N–C) groups is 1. The van der Waals surface area contributed by atoms with E-state index in [-0.39, 0.29) is 6.04 Å². The first-order valence-corrected chi connectivity index (χ1v) is 9.48. The summed E-state index contributed by atoms with van der Waals surface area (Å²) in [5.41, 5.74) is 4.72. The molecule has 2 N–H and O–H groups in total. The van der Waals surface area contributed by atoms with E-state index in [1.54, 1.807) is 0 Å². The Morgan fingerprint density at radius 2 is 2.07 bits per heavy atom. The molecule has 0 bridgehead atoms. The van der Waals surface area contributed by atoms with Gasteiger partial charge in [-0.25, -0.2) is 9.98 Å². The van der Waals surface area contributed by atoms with Gasteiger partial charge in [-0.1, -0.05) is 6.07 Å². The lowest BCUT2D eigenvalue weighted by molar-refractivity contribution is 0.635. The van der Waals surface area contributed by atoms with Crippen molar-refractivity contribution in [2.75, 3.05) is 25.5 Å². The van der Waals surface area contributed by atoms with Gasteiger partial charge in [-0.05, 0) is 45.7 Å². The molecule has 0 aliphatic heterocycles. The molecule has 0 aromatic carbocycles. The fourth-order valence-electron chi connectivity index (χ4n) is 3.14. The lowest BCUT2D eigenvalue weighted by Crippen LogP contribution is -2.43. The zero-order valence-corrected chi connectivity index (χ0v) is 17.7. The summed E-state index contributed by atoms with van der Waals surface area (Å²) in [6.07, 6.45) is 2.72. The fourth-order valence-corrected chi connectivity index (χ4v) is 3.14. The third-order valence-electron chi connectivity index (χ3n) is 4.60. The standard InChI is InChI=1S/C20H33N7/c1-8-21-20(23-13-17-10-9-11-22-19(17)26(5)6)24-14(2)12-18-15(3)25-27(7)16(18)4/h9-11,14H,8,12-13H2,1-7H3,(H2,21,23,24). The van der Waals surface area contributed by atoms with Gasteiger partial charge in [0.05, 0.1) is 12.2 Å². The van der Waals surface area contributed by atoms with Crippen LogP contribution in [0.3, 0.4) is 0 Å². The molecule has 0 aliphatic carbocycles. The number of anilines is 1. The van der Waals surface area contributed by atoms with Crippen LogP contribution in [0.25, 0.3) is 0 Å².